The highest BCUT2D eigenvalue weighted by molar-refractivity contribution is 6.17. The standard InChI is InChI=1S/C51H38N2O/c1-33-16-7-11-24-44(33)53(39-30-34(2)49(35(3)31-39)36-17-5-4-6-18-36)47-29-28-40(51-50(47)43-23-10-14-27-48(43)54-51)37-19-15-20-38(32-37)52-45-25-12-8-21-41(45)42-22-9-13-26-46(42)52/h4-32H,1-3H3. The Morgan fingerprint density at radius 1 is 0.463 bits per heavy atom. The second kappa shape index (κ2) is 12.7. The normalized spacial score (nSPS) is 11.6. The third-order valence-corrected chi connectivity index (χ3v) is 10.9. The number of aryl methyl sites for hydroxylation is 3. The first-order valence-corrected chi connectivity index (χ1v) is 18.6. The molecule has 0 spiro atoms. The first kappa shape index (κ1) is 31.9. The summed E-state index contributed by atoms with van der Waals surface area (Å²) < 4.78 is 9.27. The minimum absolute atomic E-state index is 0.872. The fourth-order valence-electron chi connectivity index (χ4n) is 8.59. The summed E-state index contributed by atoms with van der Waals surface area (Å²) in [5, 5.41) is 4.69. The fourth-order valence-corrected chi connectivity index (χ4v) is 8.59. The van der Waals surface area contributed by atoms with Gasteiger partial charge in [-0.15, -0.1) is 0 Å². The molecule has 8 aromatic carbocycles. The second-order valence-corrected chi connectivity index (χ2v) is 14.3. The lowest BCUT2D eigenvalue weighted by molar-refractivity contribution is 0.670. The average Bonchev–Trinajstić information content (AvgIpc) is 3.76. The maximum atomic E-state index is 6.89. The van der Waals surface area contributed by atoms with Gasteiger partial charge in [0.25, 0.3) is 0 Å². The molecule has 0 unspecified atom stereocenters. The van der Waals surface area contributed by atoms with Gasteiger partial charge in [0.15, 0.2) is 0 Å². The molecule has 0 bridgehead atoms. The van der Waals surface area contributed by atoms with Crippen molar-refractivity contribution in [3.8, 4) is 27.9 Å². The summed E-state index contributed by atoms with van der Waals surface area (Å²) in [5.74, 6) is 0. The van der Waals surface area contributed by atoms with Crippen LogP contribution < -0.4 is 4.90 Å². The Balaban J connectivity index is 1.21. The molecule has 2 aromatic heterocycles. The van der Waals surface area contributed by atoms with Crippen LogP contribution in [-0.2, 0) is 0 Å². The Labute approximate surface area is 315 Å². The van der Waals surface area contributed by atoms with E-state index in [-0.39, 0.29) is 0 Å². The van der Waals surface area contributed by atoms with Gasteiger partial charge in [0.1, 0.15) is 11.2 Å². The van der Waals surface area contributed by atoms with Gasteiger partial charge < -0.3 is 13.9 Å². The number of hydrogen-bond acceptors (Lipinski definition) is 2. The molecule has 10 aromatic rings. The number of rotatable bonds is 6. The van der Waals surface area contributed by atoms with Crippen LogP contribution in [0.2, 0.25) is 0 Å². The van der Waals surface area contributed by atoms with E-state index in [1.54, 1.807) is 0 Å². The van der Waals surface area contributed by atoms with Gasteiger partial charge in [-0.25, -0.2) is 0 Å². The van der Waals surface area contributed by atoms with Crippen LogP contribution in [0.15, 0.2) is 180 Å². The van der Waals surface area contributed by atoms with E-state index in [1.807, 2.05) is 0 Å². The summed E-state index contributed by atoms with van der Waals surface area (Å²) >= 11 is 0. The highest BCUT2D eigenvalue weighted by Crippen LogP contribution is 2.48. The van der Waals surface area contributed by atoms with Gasteiger partial charge in [-0.2, -0.15) is 0 Å². The molecule has 0 atom stereocenters. The number of benzene rings is 8. The number of nitrogens with zero attached hydrogens (tertiary/aromatic N) is 2. The number of furan rings is 1. The van der Waals surface area contributed by atoms with E-state index in [0.717, 1.165) is 55.8 Å². The van der Waals surface area contributed by atoms with Crippen LogP contribution in [0.3, 0.4) is 0 Å². The lowest BCUT2D eigenvalue weighted by Crippen LogP contribution is -2.12. The molecule has 0 N–H and O–H groups in total. The molecule has 3 heteroatoms. The highest BCUT2D eigenvalue weighted by Gasteiger charge is 2.24. The van der Waals surface area contributed by atoms with Gasteiger partial charge in [0.2, 0.25) is 0 Å². The van der Waals surface area contributed by atoms with Crippen LogP contribution in [0.1, 0.15) is 16.7 Å². The molecule has 10 rings (SSSR count). The van der Waals surface area contributed by atoms with Crippen molar-refractivity contribution in [3.05, 3.63) is 193 Å². The largest absolute Gasteiger partial charge is 0.455 e. The Morgan fingerprint density at radius 3 is 1.80 bits per heavy atom. The molecule has 0 saturated heterocycles. The van der Waals surface area contributed by atoms with Crippen LogP contribution in [0.25, 0.3) is 71.7 Å². The number of aromatic nitrogens is 1. The molecule has 0 aliphatic heterocycles. The summed E-state index contributed by atoms with van der Waals surface area (Å²) in [6.45, 7) is 6.65. The first-order chi connectivity index (χ1) is 26.5. The summed E-state index contributed by atoms with van der Waals surface area (Å²) in [5.41, 5.74) is 16.9. The number of hydrogen-bond donors (Lipinski definition) is 0. The Hall–Kier alpha value is -6.84. The zero-order valence-corrected chi connectivity index (χ0v) is 30.5. The molecule has 258 valence electrons. The summed E-state index contributed by atoms with van der Waals surface area (Å²) in [6.07, 6.45) is 0. The molecule has 0 aliphatic carbocycles. The van der Waals surface area contributed by atoms with E-state index >= 15 is 0 Å². The van der Waals surface area contributed by atoms with E-state index in [2.05, 4.69) is 206 Å². The fraction of sp³-hybridized carbons (Fsp3) is 0.0588. The second-order valence-electron chi connectivity index (χ2n) is 14.3. The van der Waals surface area contributed by atoms with E-state index < -0.39 is 0 Å². The van der Waals surface area contributed by atoms with Crippen LogP contribution in [0, 0.1) is 20.8 Å². The van der Waals surface area contributed by atoms with Gasteiger partial charge in [-0.05, 0) is 115 Å². The molecule has 3 nitrogen and oxygen atoms in total. The highest BCUT2D eigenvalue weighted by atomic mass is 16.3. The molecule has 54 heavy (non-hydrogen) atoms. The van der Waals surface area contributed by atoms with Crippen molar-refractivity contribution in [2.24, 2.45) is 0 Å². The average molecular weight is 695 g/mol. The Bertz CT molecular complexity index is 2960. The topological polar surface area (TPSA) is 21.3 Å². The van der Waals surface area contributed by atoms with Crippen LogP contribution in [0.5, 0.6) is 0 Å². The molecule has 2 heterocycles. The quantitative estimate of drug-likeness (QED) is 0.173. The van der Waals surface area contributed by atoms with Gasteiger partial charge >= 0.3 is 0 Å². The summed E-state index contributed by atoms with van der Waals surface area (Å²) in [4.78, 5) is 2.42. The number of para-hydroxylation sites is 4. The van der Waals surface area contributed by atoms with Gasteiger partial charge in [0, 0.05) is 38.8 Å². The monoisotopic (exact) mass is 694 g/mol. The van der Waals surface area contributed by atoms with Crippen molar-refractivity contribution in [1.82, 2.24) is 4.57 Å². The number of anilines is 3. The van der Waals surface area contributed by atoms with Crippen molar-refractivity contribution < 1.29 is 4.42 Å². The Morgan fingerprint density at radius 2 is 1.07 bits per heavy atom. The minimum Gasteiger partial charge on any atom is -0.455 e. The molecule has 0 radical (unpaired) electrons. The van der Waals surface area contributed by atoms with Crippen molar-refractivity contribution in [2.75, 3.05) is 4.90 Å². The van der Waals surface area contributed by atoms with Crippen molar-refractivity contribution in [1.29, 1.82) is 0 Å². The lowest BCUT2D eigenvalue weighted by Gasteiger charge is -2.29. The van der Waals surface area contributed by atoms with Gasteiger partial charge in [0.05, 0.1) is 22.1 Å². The maximum Gasteiger partial charge on any atom is 0.145 e. The van der Waals surface area contributed by atoms with Crippen molar-refractivity contribution in [2.45, 2.75) is 20.8 Å². The van der Waals surface area contributed by atoms with Crippen molar-refractivity contribution in [3.63, 3.8) is 0 Å². The van der Waals surface area contributed by atoms with E-state index in [4.69, 9.17) is 4.42 Å². The zero-order chi connectivity index (χ0) is 36.3. The van der Waals surface area contributed by atoms with Crippen LogP contribution in [0.4, 0.5) is 17.1 Å². The SMILES string of the molecule is Cc1ccccc1N(c1cc(C)c(-c2ccccc2)c(C)c1)c1ccc(-c2cccc(-n3c4ccccc4c4ccccc43)c2)c2oc3ccccc3c12. The smallest absolute Gasteiger partial charge is 0.145 e. The van der Waals surface area contributed by atoms with Crippen LogP contribution >= 0.6 is 0 Å². The van der Waals surface area contributed by atoms with Crippen molar-refractivity contribution >= 4 is 60.8 Å². The maximum absolute atomic E-state index is 6.89. The summed E-state index contributed by atoms with van der Waals surface area (Å²) in [6, 6.07) is 63.2. The predicted octanol–water partition coefficient (Wildman–Crippen LogP) is 14.4. The van der Waals surface area contributed by atoms with Gasteiger partial charge in [-0.3, -0.25) is 0 Å². The number of fused-ring (bicyclic) bond motifs is 6. The third-order valence-electron chi connectivity index (χ3n) is 10.9. The minimum atomic E-state index is 0.872. The lowest BCUT2D eigenvalue weighted by atomic mass is 9.94. The Kier molecular flexibility index (Phi) is 7.48. The molecule has 0 saturated carbocycles. The van der Waals surface area contributed by atoms with Gasteiger partial charge in [-0.1, -0.05) is 115 Å². The first-order valence-electron chi connectivity index (χ1n) is 18.6. The summed E-state index contributed by atoms with van der Waals surface area (Å²) in [7, 11) is 0. The van der Waals surface area contributed by atoms with Crippen LogP contribution in [-0.4, -0.2) is 4.57 Å². The molecular weight excluding hydrogens is 657 g/mol. The third kappa shape index (κ3) is 5.04. The van der Waals surface area contributed by atoms with E-state index in [9.17, 15) is 0 Å². The molecule has 0 fully saturated rings. The zero-order valence-electron chi connectivity index (χ0n) is 30.5. The molecular formula is C51H38N2O. The predicted molar refractivity (Wildman–Crippen MR) is 228 cm³/mol. The van der Waals surface area contributed by atoms with E-state index in [1.165, 1.54) is 49.6 Å². The molecule has 0 amide bonds. The molecule has 0 aliphatic rings. The van der Waals surface area contributed by atoms with E-state index in [0.29, 0.717) is 0 Å².